The van der Waals surface area contributed by atoms with Crippen LogP contribution in [0, 0.1) is 6.92 Å². The van der Waals surface area contributed by atoms with Crippen LogP contribution in [0.3, 0.4) is 0 Å². The van der Waals surface area contributed by atoms with Crippen molar-refractivity contribution in [2.24, 2.45) is 5.10 Å². The van der Waals surface area contributed by atoms with Gasteiger partial charge < -0.3 is 4.74 Å². The van der Waals surface area contributed by atoms with Crippen LogP contribution in [0.5, 0.6) is 5.75 Å². The third-order valence-corrected chi connectivity index (χ3v) is 5.77. The van der Waals surface area contributed by atoms with Crippen molar-refractivity contribution < 1.29 is 4.74 Å². The topological polar surface area (TPSA) is 24.8 Å². The van der Waals surface area contributed by atoms with E-state index in [0.29, 0.717) is 0 Å². The Kier molecular flexibility index (Phi) is 4.01. The normalized spacial score (nSPS) is 20.5. The summed E-state index contributed by atoms with van der Waals surface area (Å²) in [5.41, 5.74) is 5.87. The van der Waals surface area contributed by atoms with Crippen molar-refractivity contribution in [2.45, 2.75) is 25.6 Å². The molecular formula is C23H19BrN2O. The molecule has 2 aliphatic heterocycles. The van der Waals surface area contributed by atoms with Crippen LogP contribution in [0.1, 0.15) is 40.9 Å². The van der Waals surface area contributed by atoms with E-state index >= 15 is 0 Å². The first-order chi connectivity index (χ1) is 13.2. The van der Waals surface area contributed by atoms with E-state index in [0.717, 1.165) is 27.9 Å². The molecule has 2 heterocycles. The van der Waals surface area contributed by atoms with Crippen LogP contribution in [0.15, 0.2) is 82.4 Å². The molecule has 27 heavy (non-hydrogen) atoms. The molecule has 0 amide bonds. The SMILES string of the molecule is Cc1ccc(C2=NN3[C@@H](C2)c2ccccc2O[C@H]3c2ccc(Br)cc2)cc1. The number of rotatable bonds is 2. The summed E-state index contributed by atoms with van der Waals surface area (Å²) in [6, 6.07) is 25.4. The number of para-hydroxylation sites is 1. The molecule has 5 rings (SSSR count). The molecule has 3 aromatic rings. The average molecular weight is 419 g/mol. The molecule has 0 N–H and O–H groups in total. The molecule has 134 valence electrons. The molecule has 0 bridgehead atoms. The number of aryl methyl sites for hydroxylation is 1. The molecular weight excluding hydrogens is 400 g/mol. The lowest BCUT2D eigenvalue weighted by Gasteiger charge is -2.38. The summed E-state index contributed by atoms with van der Waals surface area (Å²) in [5, 5.41) is 7.13. The van der Waals surface area contributed by atoms with Crippen molar-refractivity contribution in [2.75, 3.05) is 0 Å². The average Bonchev–Trinajstić information content (AvgIpc) is 3.14. The van der Waals surface area contributed by atoms with Crippen molar-refractivity contribution >= 4 is 21.6 Å². The Morgan fingerprint density at radius 1 is 0.963 bits per heavy atom. The Bertz CT molecular complexity index is 1010. The molecule has 2 aliphatic rings. The van der Waals surface area contributed by atoms with Gasteiger partial charge in [-0.25, -0.2) is 5.01 Å². The number of hydrogen-bond donors (Lipinski definition) is 0. The third kappa shape index (κ3) is 2.94. The highest BCUT2D eigenvalue weighted by atomic mass is 79.9. The third-order valence-electron chi connectivity index (χ3n) is 5.24. The lowest BCUT2D eigenvalue weighted by molar-refractivity contribution is -0.0190. The van der Waals surface area contributed by atoms with Gasteiger partial charge >= 0.3 is 0 Å². The summed E-state index contributed by atoms with van der Waals surface area (Å²) >= 11 is 3.52. The minimum Gasteiger partial charge on any atom is -0.464 e. The van der Waals surface area contributed by atoms with Crippen LogP contribution in [-0.4, -0.2) is 10.7 Å². The van der Waals surface area contributed by atoms with Crippen molar-refractivity contribution in [1.29, 1.82) is 0 Å². The number of nitrogens with zero attached hydrogens (tertiary/aromatic N) is 2. The smallest absolute Gasteiger partial charge is 0.213 e. The number of hydrazone groups is 1. The first kappa shape index (κ1) is 16.6. The van der Waals surface area contributed by atoms with Crippen LogP contribution in [0.25, 0.3) is 0 Å². The van der Waals surface area contributed by atoms with Crippen molar-refractivity contribution in [3.63, 3.8) is 0 Å². The summed E-state index contributed by atoms with van der Waals surface area (Å²) < 4.78 is 7.44. The van der Waals surface area contributed by atoms with Crippen molar-refractivity contribution in [3.05, 3.63) is 99.5 Å². The molecule has 4 heteroatoms. The molecule has 0 saturated carbocycles. The fourth-order valence-electron chi connectivity index (χ4n) is 3.80. The molecule has 0 aliphatic carbocycles. The quantitative estimate of drug-likeness (QED) is 0.509. The lowest BCUT2D eigenvalue weighted by atomic mass is 9.95. The van der Waals surface area contributed by atoms with Crippen LogP contribution >= 0.6 is 15.9 Å². The second-order valence-corrected chi connectivity index (χ2v) is 7.99. The standard InChI is InChI=1S/C23H19BrN2O/c1-15-6-8-16(9-7-15)20-14-21-19-4-2-3-5-22(19)27-23(26(21)25-20)17-10-12-18(24)13-11-17/h2-13,21,23H,14H2,1H3/t21-,23-/m0/s1. The number of halogens is 1. The van der Waals surface area contributed by atoms with E-state index in [1.165, 1.54) is 16.7 Å². The van der Waals surface area contributed by atoms with Crippen LogP contribution in [0.2, 0.25) is 0 Å². The molecule has 0 saturated heterocycles. The highest BCUT2D eigenvalue weighted by Crippen LogP contribution is 2.47. The molecule has 0 unspecified atom stereocenters. The lowest BCUT2D eigenvalue weighted by Crippen LogP contribution is -2.33. The van der Waals surface area contributed by atoms with E-state index in [9.17, 15) is 0 Å². The maximum atomic E-state index is 6.38. The summed E-state index contributed by atoms with van der Waals surface area (Å²) in [6.07, 6.45) is 0.664. The zero-order valence-electron chi connectivity index (χ0n) is 15.0. The van der Waals surface area contributed by atoms with E-state index in [2.05, 4.69) is 94.6 Å². The molecule has 0 fully saturated rings. The maximum Gasteiger partial charge on any atom is 0.213 e. The molecule has 2 atom stereocenters. The summed E-state index contributed by atoms with van der Waals surface area (Å²) in [6.45, 7) is 2.11. The van der Waals surface area contributed by atoms with Gasteiger partial charge in [-0.1, -0.05) is 76.1 Å². The van der Waals surface area contributed by atoms with Gasteiger partial charge in [0.15, 0.2) is 0 Å². The van der Waals surface area contributed by atoms with Gasteiger partial charge in [0.25, 0.3) is 0 Å². The summed E-state index contributed by atoms with van der Waals surface area (Å²) in [5.74, 6) is 0.951. The van der Waals surface area contributed by atoms with Gasteiger partial charge in [-0.2, -0.15) is 5.10 Å². The van der Waals surface area contributed by atoms with Crippen LogP contribution < -0.4 is 4.74 Å². The van der Waals surface area contributed by atoms with Gasteiger partial charge in [-0.15, -0.1) is 0 Å². The molecule has 0 aromatic heterocycles. The number of fused-ring (bicyclic) bond motifs is 3. The first-order valence-electron chi connectivity index (χ1n) is 9.13. The maximum absolute atomic E-state index is 6.38. The highest BCUT2D eigenvalue weighted by Gasteiger charge is 2.40. The van der Waals surface area contributed by atoms with E-state index in [1.807, 2.05) is 6.07 Å². The zero-order chi connectivity index (χ0) is 18.4. The van der Waals surface area contributed by atoms with Crippen LogP contribution in [0.4, 0.5) is 0 Å². The Morgan fingerprint density at radius 3 is 2.48 bits per heavy atom. The molecule has 3 aromatic carbocycles. The highest BCUT2D eigenvalue weighted by molar-refractivity contribution is 9.10. The Hall–Kier alpha value is -2.59. The van der Waals surface area contributed by atoms with Crippen molar-refractivity contribution in [3.8, 4) is 5.75 Å². The Morgan fingerprint density at radius 2 is 1.70 bits per heavy atom. The van der Waals surface area contributed by atoms with E-state index in [-0.39, 0.29) is 12.3 Å². The van der Waals surface area contributed by atoms with Gasteiger partial charge in [0.2, 0.25) is 6.23 Å². The van der Waals surface area contributed by atoms with E-state index in [4.69, 9.17) is 9.84 Å². The van der Waals surface area contributed by atoms with Gasteiger partial charge in [0.05, 0.1) is 11.8 Å². The Labute approximate surface area is 167 Å². The molecule has 0 spiro atoms. The number of ether oxygens (including phenoxy) is 1. The second kappa shape index (κ2) is 6.54. The number of hydrogen-bond acceptors (Lipinski definition) is 3. The fourth-order valence-corrected chi connectivity index (χ4v) is 4.07. The van der Waals surface area contributed by atoms with Gasteiger partial charge in [-0.3, -0.25) is 0 Å². The van der Waals surface area contributed by atoms with Gasteiger partial charge in [0.1, 0.15) is 5.75 Å². The number of benzene rings is 3. The monoisotopic (exact) mass is 418 g/mol. The minimum absolute atomic E-state index is 0.194. The second-order valence-electron chi connectivity index (χ2n) is 7.07. The van der Waals surface area contributed by atoms with Gasteiger partial charge in [-0.05, 0) is 30.7 Å². The molecule has 3 nitrogen and oxygen atoms in total. The molecule has 0 radical (unpaired) electrons. The first-order valence-corrected chi connectivity index (χ1v) is 9.92. The van der Waals surface area contributed by atoms with E-state index in [1.54, 1.807) is 0 Å². The Balaban J connectivity index is 1.58. The van der Waals surface area contributed by atoms with E-state index < -0.39 is 0 Å². The predicted octanol–water partition coefficient (Wildman–Crippen LogP) is 6.00. The summed E-state index contributed by atoms with van der Waals surface area (Å²) in [7, 11) is 0. The van der Waals surface area contributed by atoms with Crippen molar-refractivity contribution in [1.82, 2.24) is 5.01 Å². The van der Waals surface area contributed by atoms with Gasteiger partial charge in [0, 0.05) is 22.0 Å². The zero-order valence-corrected chi connectivity index (χ0v) is 16.6. The largest absolute Gasteiger partial charge is 0.464 e. The fraction of sp³-hybridized carbons (Fsp3) is 0.174. The summed E-state index contributed by atoms with van der Waals surface area (Å²) in [4.78, 5) is 0. The minimum atomic E-state index is -0.221. The predicted molar refractivity (Wildman–Crippen MR) is 111 cm³/mol. The van der Waals surface area contributed by atoms with Crippen LogP contribution in [-0.2, 0) is 0 Å².